The normalized spacial score (nSPS) is 14.6. The zero-order chi connectivity index (χ0) is 25.7. The summed E-state index contributed by atoms with van der Waals surface area (Å²) in [6.45, 7) is 9.99. The zero-order valence-corrected chi connectivity index (χ0v) is 21.7. The summed E-state index contributed by atoms with van der Waals surface area (Å²) in [5.41, 5.74) is 4.21. The Labute approximate surface area is 212 Å². The second-order valence-electron chi connectivity index (χ2n) is 8.95. The number of hydrogen-bond donors (Lipinski definition) is 2. The summed E-state index contributed by atoms with van der Waals surface area (Å²) in [7, 11) is 4.75. The molecule has 194 valence electrons. The molecule has 10 heteroatoms. The zero-order valence-electron chi connectivity index (χ0n) is 21.7. The highest BCUT2D eigenvalue weighted by Crippen LogP contribution is 2.40. The van der Waals surface area contributed by atoms with Crippen molar-refractivity contribution < 1.29 is 19.3 Å². The summed E-state index contributed by atoms with van der Waals surface area (Å²) < 4.78 is 18.4. The van der Waals surface area contributed by atoms with Crippen molar-refractivity contribution in [2.24, 2.45) is 0 Å². The van der Waals surface area contributed by atoms with Crippen LogP contribution in [0.3, 0.4) is 0 Å². The fourth-order valence-electron chi connectivity index (χ4n) is 4.48. The van der Waals surface area contributed by atoms with Crippen LogP contribution in [0, 0.1) is 13.8 Å². The van der Waals surface area contributed by atoms with E-state index in [0.29, 0.717) is 23.2 Å². The lowest BCUT2D eigenvalue weighted by Gasteiger charge is -2.34. The number of hydrogen-bond acceptors (Lipinski definition) is 9. The van der Waals surface area contributed by atoms with Gasteiger partial charge >= 0.3 is 0 Å². The van der Waals surface area contributed by atoms with E-state index < -0.39 is 0 Å². The Kier molecular flexibility index (Phi) is 8.29. The van der Waals surface area contributed by atoms with E-state index in [2.05, 4.69) is 44.0 Å². The first-order valence-corrected chi connectivity index (χ1v) is 12.1. The van der Waals surface area contributed by atoms with E-state index in [1.54, 1.807) is 21.3 Å². The minimum Gasteiger partial charge on any atom is -0.493 e. The first-order chi connectivity index (χ1) is 17.4. The third-order valence-electron chi connectivity index (χ3n) is 6.52. The molecule has 0 spiro atoms. The maximum Gasteiger partial charge on any atom is 0.229 e. The van der Waals surface area contributed by atoms with E-state index in [0.717, 1.165) is 56.3 Å². The van der Waals surface area contributed by atoms with E-state index in [9.17, 15) is 5.11 Å². The fraction of sp³-hybridized carbons (Fsp3) is 0.462. The lowest BCUT2D eigenvalue weighted by atomic mass is 10.2. The number of nitrogens with one attached hydrogen (secondary N) is 1. The Bertz CT molecular complexity index is 1150. The maximum atomic E-state index is 9.17. The number of aryl methyl sites for hydroxylation is 2. The van der Waals surface area contributed by atoms with Gasteiger partial charge in [0.15, 0.2) is 11.5 Å². The molecule has 10 nitrogen and oxygen atoms in total. The fourth-order valence-corrected chi connectivity index (χ4v) is 4.48. The van der Waals surface area contributed by atoms with Gasteiger partial charge in [0.05, 0.1) is 27.9 Å². The molecule has 36 heavy (non-hydrogen) atoms. The van der Waals surface area contributed by atoms with Crippen LogP contribution in [0.5, 0.6) is 17.2 Å². The largest absolute Gasteiger partial charge is 0.493 e. The predicted molar refractivity (Wildman–Crippen MR) is 139 cm³/mol. The van der Waals surface area contributed by atoms with Crippen LogP contribution in [0.15, 0.2) is 30.7 Å². The van der Waals surface area contributed by atoms with E-state index in [1.807, 2.05) is 25.3 Å². The minimum absolute atomic E-state index is 0.219. The van der Waals surface area contributed by atoms with Crippen LogP contribution in [-0.2, 0) is 6.54 Å². The Balaban J connectivity index is 1.52. The number of aliphatic hydroxyl groups is 1. The van der Waals surface area contributed by atoms with Crippen molar-refractivity contribution in [2.75, 3.05) is 66.0 Å². The number of rotatable bonds is 10. The van der Waals surface area contributed by atoms with Gasteiger partial charge in [0, 0.05) is 81.2 Å². The molecule has 0 radical (unpaired) electrons. The van der Waals surface area contributed by atoms with Crippen LogP contribution in [-0.4, -0.2) is 90.1 Å². The molecular formula is C26H36N6O4. The molecule has 0 unspecified atom stereocenters. The molecule has 0 bridgehead atoms. The average Bonchev–Trinajstić information content (AvgIpc) is 3.25. The molecule has 1 saturated heterocycles. The Morgan fingerprint density at radius 2 is 1.58 bits per heavy atom. The molecule has 3 heterocycles. The number of anilines is 2. The number of methoxy groups -OCH3 is 3. The molecule has 2 N–H and O–H groups in total. The topological polar surface area (TPSA) is 97.1 Å². The smallest absolute Gasteiger partial charge is 0.229 e. The second kappa shape index (κ2) is 11.6. The third-order valence-corrected chi connectivity index (χ3v) is 6.52. The number of aromatic nitrogens is 3. The molecule has 0 saturated carbocycles. The standard InChI is InChI=1S/C26H36N6O4/c1-18-14-27-26(28-21-12-22(34-3)24(36-5)23(13-21)35-4)29-25(18)32-15-19(2)20(17-32)16-31-8-6-30(7-9-31)10-11-33/h12-15,17,33H,6-11,16H2,1-5H3,(H,27,28,29). The van der Waals surface area contributed by atoms with Crippen LogP contribution in [0.4, 0.5) is 11.6 Å². The number of benzene rings is 1. The quantitative estimate of drug-likeness (QED) is 0.439. The monoisotopic (exact) mass is 496 g/mol. The van der Waals surface area contributed by atoms with E-state index in [4.69, 9.17) is 19.2 Å². The Hall–Kier alpha value is -3.34. The van der Waals surface area contributed by atoms with Gasteiger partial charge in [-0.1, -0.05) is 0 Å². The van der Waals surface area contributed by atoms with Crippen LogP contribution in [0.25, 0.3) is 5.82 Å². The molecule has 2 aromatic heterocycles. The summed E-state index contributed by atoms with van der Waals surface area (Å²) in [5, 5.41) is 12.4. The summed E-state index contributed by atoms with van der Waals surface area (Å²) in [4.78, 5) is 14.1. The number of piperazine rings is 1. The van der Waals surface area contributed by atoms with E-state index in [1.165, 1.54) is 11.1 Å². The van der Waals surface area contributed by atoms with Crippen molar-refractivity contribution in [2.45, 2.75) is 20.4 Å². The van der Waals surface area contributed by atoms with Gasteiger partial charge in [-0.2, -0.15) is 4.98 Å². The maximum absolute atomic E-state index is 9.17. The first kappa shape index (κ1) is 25.7. The van der Waals surface area contributed by atoms with Crippen molar-refractivity contribution in [3.8, 4) is 23.1 Å². The average molecular weight is 497 g/mol. The minimum atomic E-state index is 0.219. The molecular weight excluding hydrogens is 460 g/mol. The second-order valence-corrected chi connectivity index (χ2v) is 8.95. The predicted octanol–water partition coefficient (Wildman–Crippen LogP) is 2.76. The van der Waals surface area contributed by atoms with Crippen molar-refractivity contribution in [3.63, 3.8) is 0 Å². The molecule has 1 fully saturated rings. The van der Waals surface area contributed by atoms with Gasteiger partial charge in [-0.05, 0) is 25.0 Å². The van der Waals surface area contributed by atoms with E-state index >= 15 is 0 Å². The molecule has 0 amide bonds. The Morgan fingerprint density at radius 3 is 2.19 bits per heavy atom. The molecule has 1 aliphatic rings. The van der Waals surface area contributed by atoms with Gasteiger partial charge in [0.2, 0.25) is 11.7 Å². The lowest BCUT2D eigenvalue weighted by Crippen LogP contribution is -2.46. The number of β-amino-alcohol motifs (C(OH)–C–C–N with tert-alkyl or cyclic N) is 1. The van der Waals surface area contributed by atoms with Crippen molar-refractivity contribution in [3.05, 3.63) is 47.4 Å². The van der Waals surface area contributed by atoms with Crippen LogP contribution in [0.1, 0.15) is 16.7 Å². The van der Waals surface area contributed by atoms with Gasteiger partial charge in [-0.15, -0.1) is 0 Å². The van der Waals surface area contributed by atoms with Crippen LogP contribution >= 0.6 is 0 Å². The first-order valence-electron chi connectivity index (χ1n) is 12.1. The van der Waals surface area contributed by atoms with Gasteiger partial charge in [0.1, 0.15) is 5.82 Å². The van der Waals surface area contributed by atoms with Crippen LogP contribution in [0.2, 0.25) is 0 Å². The molecule has 1 aromatic carbocycles. The van der Waals surface area contributed by atoms with Crippen molar-refractivity contribution >= 4 is 11.6 Å². The number of ether oxygens (including phenoxy) is 3. The highest BCUT2D eigenvalue weighted by atomic mass is 16.5. The SMILES string of the molecule is COc1cc(Nc2ncc(C)c(-n3cc(C)c(CN4CCN(CCO)CC4)c3)n2)cc(OC)c1OC. The van der Waals surface area contributed by atoms with Gasteiger partial charge in [0.25, 0.3) is 0 Å². The summed E-state index contributed by atoms with van der Waals surface area (Å²) in [6, 6.07) is 3.64. The van der Waals surface area contributed by atoms with Crippen LogP contribution < -0.4 is 19.5 Å². The lowest BCUT2D eigenvalue weighted by molar-refractivity contribution is 0.108. The number of aliphatic hydroxyl groups excluding tert-OH is 1. The molecule has 1 aliphatic heterocycles. The molecule has 3 aromatic rings. The summed E-state index contributed by atoms with van der Waals surface area (Å²) >= 11 is 0. The molecule has 4 rings (SSSR count). The van der Waals surface area contributed by atoms with E-state index in [-0.39, 0.29) is 6.61 Å². The Morgan fingerprint density at radius 1 is 0.917 bits per heavy atom. The van der Waals surface area contributed by atoms with Gasteiger partial charge in [-0.3, -0.25) is 9.80 Å². The molecule has 0 aliphatic carbocycles. The van der Waals surface area contributed by atoms with Crippen molar-refractivity contribution in [1.29, 1.82) is 0 Å². The molecule has 0 atom stereocenters. The summed E-state index contributed by atoms with van der Waals surface area (Å²) in [6.07, 6.45) is 6.10. The van der Waals surface area contributed by atoms with Crippen molar-refractivity contribution in [1.82, 2.24) is 24.3 Å². The third kappa shape index (κ3) is 5.72. The highest BCUT2D eigenvalue weighted by Gasteiger charge is 2.19. The highest BCUT2D eigenvalue weighted by molar-refractivity contribution is 5.66. The van der Waals surface area contributed by atoms with Gasteiger partial charge < -0.3 is 29.2 Å². The number of nitrogens with zero attached hydrogens (tertiary/aromatic N) is 5. The summed E-state index contributed by atoms with van der Waals surface area (Å²) in [5.74, 6) is 2.92. The van der Waals surface area contributed by atoms with Gasteiger partial charge in [-0.25, -0.2) is 4.98 Å².